The van der Waals surface area contributed by atoms with Crippen molar-refractivity contribution in [2.75, 3.05) is 33.0 Å². The fourth-order valence-electron chi connectivity index (χ4n) is 8.40. The summed E-state index contributed by atoms with van der Waals surface area (Å²) in [6.07, 6.45) is 20.7. The minimum atomic E-state index is -1.70. The lowest BCUT2D eigenvalue weighted by molar-refractivity contribution is -0.332. The topological polar surface area (TPSA) is 214 Å². The molecule has 0 radical (unpaired) electrons. The van der Waals surface area contributed by atoms with E-state index in [4.69, 9.17) is 28.4 Å². The van der Waals surface area contributed by atoms with E-state index in [2.05, 4.69) is 13.8 Å². The molecule has 2 aliphatic rings. The predicted octanol–water partition coefficient (Wildman–Crippen LogP) is 7.30. The maximum atomic E-state index is 12.9. The molecule has 374 valence electrons. The van der Waals surface area contributed by atoms with Gasteiger partial charge in [0.05, 0.1) is 26.4 Å². The molecule has 0 aromatic heterocycles. The van der Waals surface area contributed by atoms with Gasteiger partial charge in [-0.25, -0.2) is 0 Å². The quantitative estimate of drug-likeness (QED) is 0.0237. The highest BCUT2D eigenvalue weighted by atomic mass is 16.7. The van der Waals surface area contributed by atoms with Gasteiger partial charge in [-0.15, -0.1) is 0 Å². The summed E-state index contributed by atoms with van der Waals surface area (Å²) in [5.74, 6) is -0.378. The van der Waals surface area contributed by atoms with Crippen molar-refractivity contribution in [1.29, 1.82) is 0 Å². The summed E-state index contributed by atoms with van der Waals surface area (Å²) in [6.45, 7) is 3.67. The van der Waals surface area contributed by atoms with E-state index in [1.54, 1.807) is 0 Å². The number of carbonyl (C=O) groups excluding carboxylic acids is 1. The number of aliphatic hydroxyl groups excluding tert-OH is 7. The van der Waals surface area contributed by atoms with Crippen molar-refractivity contribution < 1.29 is 69.0 Å². The van der Waals surface area contributed by atoms with Crippen molar-refractivity contribution in [1.82, 2.24) is 0 Å². The van der Waals surface area contributed by atoms with Gasteiger partial charge in [0, 0.05) is 13.0 Å². The molecule has 0 aromatic carbocycles. The van der Waals surface area contributed by atoms with Crippen LogP contribution in [0.15, 0.2) is 0 Å². The van der Waals surface area contributed by atoms with E-state index in [0.717, 1.165) is 38.5 Å². The van der Waals surface area contributed by atoms with Crippen LogP contribution in [0.3, 0.4) is 0 Å². The molecule has 2 fully saturated rings. The minimum Gasteiger partial charge on any atom is -0.457 e. The first-order valence-corrected chi connectivity index (χ1v) is 25.6. The van der Waals surface area contributed by atoms with Crippen molar-refractivity contribution in [3.63, 3.8) is 0 Å². The number of hydrogen-bond donors (Lipinski definition) is 7. The van der Waals surface area contributed by atoms with Gasteiger partial charge in [-0.1, -0.05) is 187 Å². The third-order valence-corrected chi connectivity index (χ3v) is 12.6. The van der Waals surface area contributed by atoms with Crippen LogP contribution in [0.5, 0.6) is 0 Å². The Morgan fingerprint density at radius 2 is 0.841 bits per heavy atom. The van der Waals surface area contributed by atoms with Crippen molar-refractivity contribution in [3.8, 4) is 0 Å². The number of rotatable bonds is 41. The molecule has 11 atom stereocenters. The van der Waals surface area contributed by atoms with E-state index < -0.39 is 80.7 Å². The minimum absolute atomic E-state index is 0.0691. The summed E-state index contributed by atoms with van der Waals surface area (Å²) >= 11 is 0. The van der Waals surface area contributed by atoms with E-state index in [0.29, 0.717) is 13.0 Å². The molecule has 2 saturated heterocycles. The van der Waals surface area contributed by atoms with Gasteiger partial charge in [-0.05, 0) is 12.8 Å². The molecule has 2 heterocycles. The smallest absolute Gasteiger partial charge is 0.306 e. The Morgan fingerprint density at radius 3 is 1.29 bits per heavy atom. The van der Waals surface area contributed by atoms with Crippen LogP contribution >= 0.6 is 0 Å². The third-order valence-electron chi connectivity index (χ3n) is 12.6. The summed E-state index contributed by atoms with van der Waals surface area (Å²) in [5.41, 5.74) is 0. The lowest BCUT2D eigenvalue weighted by atomic mass is 9.98. The van der Waals surface area contributed by atoms with Crippen LogP contribution in [0.2, 0.25) is 0 Å². The first-order valence-electron chi connectivity index (χ1n) is 25.6. The number of esters is 1. The zero-order chi connectivity index (χ0) is 45.9. The van der Waals surface area contributed by atoms with Crippen LogP contribution < -0.4 is 0 Å². The Labute approximate surface area is 381 Å². The number of aliphatic hydroxyl groups is 7. The highest BCUT2D eigenvalue weighted by Gasteiger charge is 2.47. The molecular weight excluding hydrogens is 813 g/mol. The monoisotopic (exact) mass is 907 g/mol. The van der Waals surface area contributed by atoms with Crippen molar-refractivity contribution in [2.24, 2.45) is 0 Å². The predicted molar refractivity (Wildman–Crippen MR) is 243 cm³/mol. The first kappa shape index (κ1) is 58.1. The average molecular weight is 907 g/mol. The molecule has 0 spiro atoms. The van der Waals surface area contributed by atoms with Crippen LogP contribution in [-0.4, -0.2) is 142 Å². The Morgan fingerprint density at radius 1 is 0.460 bits per heavy atom. The van der Waals surface area contributed by atoms with E-state index in [-0.39, 0.29) is 25.6 Å². The second-order valence-corrected chi connectivity index (χ2v) is 18.4. The highest BCUT2D eigenvalue weighted by Crippen LogP contribution is 2.26. The number of hydrogen-bond acceptors (Lipinski definition) is 14. The molecule has 0 amide bonds. The number of unbranched alkanes of at least 4 members (excludes halogenated alkanes) is 27. The van der Waals surface area contributed by atoms with Crippen LogP contribution in [-0.2, 0) is 33.2 Å². The standard InChI is InChI=1S/C49H94O14/c1-3-5-7-9-11-12-13-14-15-16-17-18-19-20-21-22-23-24-25-27-29-31-33-58-35-38(61-41(51)32-30-28-26-10-8-6-4-2)36-59-48-47(57)45(55)43(53)40(63-48)37-60-49-46(56)44(54)42(52)39(34-50)62-49/h38-40,42-50,52-57H,3-37H2,1-2H3. The zero-order valence-electron chi connectivity index (χ0n) is 39.6. The molecular formula is C49H94O14. The lowest BCUT2D eigenvalue weighted by Gasteiger charge is -2.42. The lowest BCUT2D eigenvalue weighted by Crippen LogP contribution is -2.61. The first-order chi connectivity index (χ1) is 30.6. The van der Waals surface area contributed by atoms with Crippen LogP contribution in [0.4, 0.5) is 0 Å². The van der Waals surface area contributed by atoms with Gasteiger partial charge in [0.1, 0.15) is 54.9 Å². The zero-order valence-corrected chi connectivity index (χ0v) is 39.6. The summed E-state index contributed by atoms with van der Waals surface area (Å²) in [5, 5.41) is 71.9. The molecule has 0 saturated carbocycles. The molecule has 11 unspecified atom stereocenters. The molecule has 14 nitrogen and oxygen atoms in total. The van der Waals surface area contributed by atoms with Gasteiger partial charge in [-0.2, -0.15) is 0 Å². The molecule has 2 aliphatic heterocycles. The average Bonchev–Trinajstić information content (AvgIpc) is 3.28. The number of ether oxygens (including phenoxy) is 6. The Bertz CT molecular complexity index is 1050. The SMILES string of the molecule is CCCCCCCCCCCCCCCCCCCCCCCCOCC(COC1OC(COC2OC(CO)C(O)C(O)C2O)C(O)C(O)C1O)OC(=O)CCCCCCCCC. The maximum absolute atomic E-state index is 12.9. The highest BCUT2D eigenvalue weighted by molar-refractivity contribution is 5.69. The van der Waals surface area contributed by atoms with E-state index in [1.165, 1.54) is 141 Å². The van der Waals surface area contributed by atoms with Gasteiger partial charge in [0.25, 0.3) is 0 Å². The Balaban J connectivity index is 1.66. The molecule has 0 aromatic rings. The summed E-state index contributed by atoms with van der Waals surface area (Å²) in [4.78, 5) is 12.9. The van der Waals surface area contributed by atoms with Gasteiger partial charge < -0.3 is 64.2 Å². The number of carbonyl (C=O) groups is 1. The van der Waals surface area contributed by atoms with Gasteiger partial charge >= 0.3 is 5.97 Å². The maximum Gasteiger partial charge on any atom is 0.306 e. The van der Waals surface area contributed by atoms with E-state index in [1.807, 2.05) is 0 Å². The Kier molecular flexibility index (Phi) is 35.1. The van der Waals surface area contributed by atoms with Gasteiger partial charge in [-0.3, -0.25) is 4.79 Å². The Hall–Kier alpha value is -1.01. The molecule has 7 N–H and O–H groups in total. The summed E-state index contributed by atoms with van der Waals surface area (Å²) in [6, 6.07) is 0. The van der Waals surface area contributed by atoms with Crippen molar-refractivity contribution in [2.45, 2.75) is 274 Å². The summed E-state index contributed by atoms with van der Waals surface area (Å²) in [7, 11) is 0. The van der Waals surface area contributed by atoms with E-state index >= 15 is 0 Å². The summed E-state index contributed by atoms with van der Waals surface area (Å²) < 4.78 is 34.1. The van der Waals surface area contributed by atoms with Crippen LogP contribution in [0, 0.1) is 0 Å². The molecule has 14 heteroatoms. The fraction of sp³-hybridized carbons (Fsp3) is 0.980. The molecule has 63 heavy (non-hydrogen) atoms. The molecule has 2 rings (SSSR count). The second kappa shape index (κ2) is 38.0. The van der Waals surface area contributed by atoms with Crippen molar-refractivity contribution in [3.05, 3.63) is 0 Å². The molecule has 0 aliphatic carbocycles. The largest absolute Gasteiger partial charge is 0.457 e. The van der Waals surface area contributed by atoms with Crippen LogP contribution in [0.25, 0.3) is 0 Å². The fourth-order valence-corrected chi connectivity index (χ4v) is 8.40. The van der Waals surface area contributed by atoms with Crippen LogP contribution in [0.1, 0.15) is 206 Å². The molecule has 0 bridgehead atoms. The third kappa shape index (κ3) is 26.2. The normalized spacial score (nSPS) is 26.9. The van der Waals surface area contributed by atoms with Crippen molar-refractivity contribution >= 4 is 5.97 Å². The van der Waals surface area contributed by atoms with E-state index in [9.17, 15) is 40.5 Å². The van der Waals surface area contributed by atoms with Gasteiger partial charge in [0.15, 0.2) is 12.6 Å². The van der Waals surface area contributed by atoms with Gasteiger partial charge in [0.2, 0.25) is 0 Å². The second-order valence-electron chi connectivity index (χ2n) is 18.4.